The lowest BCUT2D eigenvalue weighted by Gasteiger charge is -2.19. The van der Waals surface area contributed by atoms with Crippen LogP contribution in [0.15, 0.2) is 18.2 Å². The van der Waals surface area contributed by atoms with Gasteiger partial charge >= 0.3 is 0 Å². The van der Waals surface area contributed by atoms with E-state index in [1.54, 1.807) is 25.3 Å². The molecule has 1 aromatic carbocycles. The average Bonchev–Trinajstić information content (AvgIpc) is 2.45. The van der Waals surface area contributed by atoms with Gasteiger partial charge in [-0.2, -0.15) is 0 Å². The average molecular weight is 258 g/mol. The number of nitrogens with one attached hydrogen (secondary N) is 1. The Morgan fingerprint density at radius 2 is 2.21 bits per heavy atom. The minimum absolute atomic E-state index is 0.0748. The molecule has 2 N–H and O–H groups in total. The molecule has 0 saturated heterocycles. The fraction of sp³-hybridized carbons (Fsp3) is 0.286. The van der Waals surface area contributed by atoms with Crippen molar-refractivity contribution in [2.75, 3.05) is 12.6 Å². The molecule has 1 aliphatic carbocycles. The molecule has 98 valence electrons. The van der Waals surface area contributed by atoms with Crippen LogP contribution in [0, 0.1) is 0 Å². The second-order valence-electron chi connectivity index (χ2n) is 4.59. The highest BCUT2D eigenvalue weighted by Gasteiger charge is 2.24. The predicted molar refractivity (Wildman–Crippen MR) is 71.0 cm³/mol. The first-order valence-electron chi connectivity index (χ1n) is 6.18. The van der Waals surface area contributed by atoms with E-state index in [9.17, 15) is 4.79 Å². The fourth-order valence-corrected chi connectivity index (χ4v) is 2.58. The molecule has 19 heavy (non-hydrogen) atoms. The lowest BCUT2D eigenvalue weighted by Crippen LogP contribution is -2.14. The van der Waals surface area contributed by atoms with Crippen LogP contribution in [0.2, 0.25) is 0 Å². The van der Waals surface area contributed by atoms with Crippen molar-refractivity contribution < 1.29 is 14.7 Å². The number of carbonyl (C=O) groups is 1. The van der Waals surface area contributed by atoms with Crippen LogP contribution in [0.25, 0.3) is 10.9 Å². The zero-order valence-electron chi connectivity index (χ0n) is 10.6. The third-order valence-electron chi connectivity index (χ3n) is 3.46. The molecule has 1 heterocycles. The number of nitrogens with zero attached hydrogens (tertiary/aromatic N) is 1. The Kier molecular flexibility index (Phi) is 2.83. The van der Waals surface area contributed by atoms with Crippen molar-refractivity contribution in [1.82, 2.24) is 4.98 Å². The van der Waals surface area contributed by atoms with Gasteiger partial charge in [-0.05, 0) is 31.0 Å². The van der Waals surface area contributed by atoms with Crippen molar-refractivity contribution in [2.45, 2.75) is 19.3 Å². The summed E-state index contributed by atoms with van der Waals surface area (Å²) in [4.78, 5) is 16.4. The summed E-state index contributed by atoms with van der Waals surface area (Å²) < 4.78 is 5.47. The van der Waals surface area contributed by atoms with Gasteiger partial charge in [0.1, 0.15) is 11.4 Å². The second kappa shape index (κ2) is 4.51. The molecule has 0 bridgehead atoms. The van der Waals surface area contributed by atoms with E-state index < -0.39 is 0 Å². The van der Waals surface area contributed by atoms with Crippen LogP contribution in [-0.2, 0) is 6.42 Å². The van der Waals surface area contributed by atoms with Crippen molar-refractivity contribution in [1.29, 1.82) is 0 Å². The second-order valence-corrected chi connectivity index (χ2v) is 4.59. The van der Waals surface area contributed by atoms with Crippen molar-refractivity contribution in [3.05, 3.63) is 29.5 Å². The number of hydrogen-bond donors (Lipinski definition) is 2. The highest BCUT2D eigenvalue weighted by molar-refractivity contribution is 6.01. The van der Waals surface area contributed by atoms with Gasteiger partial charge in [-0.3, -0.25) is 15.5 Å². The van der Waals surface area contributed by atoms with Crippen molar-refractivity contribution in [3.63, 3.8) is 0 Å². The Balaban J connectivity index is 2.34. The quantitative estimate of drug-likeness (QED) is 0.810. The molecular weight excluding hydrogens is 244 g/mol. The first-order valence-corrected chi connectivity index (χ1v) is 6.18. The Morgan fingerprint density at radius 3 is 2.95 bits per heavy atom. The van der Waals surface area contributed by atoms with E-state index in [0.29, 0.717) is 29.1 Å². The SMILES string of the molecule is COc1c2c(nc3ccc(NO)cc13)C(=O)CCC2. The molecule has 5 heteroatoms. The zero-order valence-corrected chi connectivity index (χ0v) is 10.6. The molecule has 0 spiro atoms. The largest absolute Gasteiger partial charge is 0.496 e. The summed E-state index contributed by atoms with van der Waals surface area (Å²) in [5, 5.41) is 9.78. The summed E-state index contributed by atoms with van der Waals surface area (Å²) in [7, 11) is 1.59. The molecule has 1 aromatic heterocycles. The normalized spacial score (nSPS) is 14.3. The number of carbonyl (C=O) groups excluding carboxylic acids is 1. The number of anilines is 1. The predicted octanol–water partition coefficient (Wildman–Crippen LogP) is 2.56. The summed E-state index contributed by atoms with van der Waals surface area (Å²) in [5.41, 5.74) is 4.78. The summed E-state index contributed by atoms with van der Waals surface area (Å²) in [6, 6.07) is 5.23. The summed E-state index contributed by atoms with van der Waals surface area (Å²) in [6.45, 7) is 0. The van der Waals surface area contributed by atoms with Gasteiger partial charge in [0.05, 0.1) is 18.3 Å². The highest BCUT2D eigenvalue weighted by Crippen LogP contribution is 2.35. The van der Waals surface area contributed by atoms with Crippen LogP contribution in [0.3, 0.4) is 0 Å². The van der Waals surface area contributed by atoms with Crippen molar-refractivity contribution >= 4 is 22.4 Å². The Bertz CT molecular complexity index is 667. The molecule has 0 radical (unpaired) electrons. The number of aromatic nitrogens is 1. The molecule has 0 atom stereocenters. The molecule has 0 unspecified atom stereocenters. The number of methoxy groups -OCH3 is 1. The Hall–Kier alpha value is -2.14. The maximum atomic E-state index is 12.0. The number of pyridine rings is 1. The molecule has 0 aliphatic heterocycles. The molecule has 0 amide bonds. The maximum Gasteiger partial charge on any atom is 0.181 e. The summed E-state index contributed by atoms with van der Waals surface area (Å²) in [6.07, 6.45) is 2.17. The number of ketones is 1. The highest BCUT2D eigenvalue weighted by atomic mass is 16.5. The third-order valence-corrected chi connectivity index (χ3v) is 3.46. The van der Waals surface area contributed by atoms with Gasteiger partial charge < -0.3 is 4.74 Å². The maximum absolute atomic E-state index is 12.0. The first kappa shape index (κ1) is 11.9. The lowest BCUT2D eigenvalue weighted by atomic mass is 9.92. The molecule has 5 nitrogen and oxygen atoms in total. The van der Waals surface area contributed by atoms with E-state index in [4.69, 9.17) is 9.94 Å². The van der Waals surface area contributed by atoms with E-state index in [-0.39, 0.29) is 5.78 Å². The van der Waals surface area contributed by atoms with Crippen LogP contribution in [0.4, 0.5) is 5.69 Å². The molecule has 0 saturated carbocycles. The Labute approximate surface area is 110 Å². The van der Waals surface area contributed by atoms with Gasteiger partial charge in [-0.1, -0.05) is 0 Å². The van der Waals surface area contributed by atoms with Crippen LogP contribution < -0.4 is 10.2 Å². The minimum Gasteiger partial charge on any atom is -0.496 e. The van der Waals surface area contributed by atoms with Crippen LogP contribution in [0.5, 0.6) is 5.75 Å². The molecule has 1 aliphatic rings. The number of ether oxygens (including phenoxy) is 1. The van der Waals surface area contributed by atoms with Crippen molar-refractivity contribution in [2.24, 2.45) is 0 Å². The van der Waals surface area contributed by atoms with Gasteiger partial charge in [0.2, 0.25) is 0 Å². The van der Waals surface area contributed by atoms with Gasteiger partial charge in [-0.25, -0.2) is 4.98 Å². The zero-order chi connectivity index (χ0) is 13.4. The lowest BCUT2D eigenvalue weighted by molar-refractivity contribution is 0.0967. The van der Waals surface area contributed by atoms with Crippen LogP contribution >= 0.6 is 0 Å². The van der Waals surface area contributed by atoms with E-state index >= 15 is 0 Å². The molecule has 0 fully saturated rings. The third kappa shape index (κ3) is 1.82. The number of hydrogen-bond acceptors (Lipinski definition) is 5. The number of fused-ring (bicyclic) bond motifs is 2. The van der Waals surface area contributed by atoms with Gasteiger partial charge in [0, 0.05) is 17.4 Å². The first-order chi connectivity index (χ1) is 9.24. The monoisotopic (exact) mass is 258 g/mol. The van der Waals surface area contributed by atoms with Crippen molar-refractivity contribution in [3.8, 4) is 5.75 Å². The van der Waals surface area contributed by atoms with Gasteiger partial charge in [-0.15, -0.1) is 0 Å². The van der Waals surface area contributed by atoms with Crippen LogP contribution in [0.1, 0.15) is 28.9 Å². The van der Waals surface area contributed by atoms with Crippen LogP contribution in [-0.4, -0.2) is 23.1 Å². The Morgan fingerprint density at radius 1 is 1.37 bits per heavy atom. The number of rotatable bonds is 2. The molecule has 3 rings (SSSR count). The van der Waals surface area contributed by atoms with E-state index in [2.05, 4.69) is 10.5 Å². The number of Topliss-reactive ketones (excluding diaryl/α,β-unsaturated/α-hetero) is 1. The topological polar surface area (TPSA) is 71.4 Å². The summed E-state index contributed by atoms with van der Waals surface area (Å²) >= 11 is 0. The number of benzene rings is 1. The summed E-state index contributed by atoms with van der Waals surface area (Å²) in [5.74, 6) is 0.760. The fourth-order valence-electron chi connectivity index (χ4n) is 2.58. The van der Waals surface area contributed by atoms with Gasteiger partial charge in [0.25, 0.3) is 0 Å². The smallest absolute Gasteiger partial charge is 0.181 e. The molecule has 2 aromatic rings. The standard InChI is InChI=1S/C14H14N2O3/c1-19-14-9-3-2-4-12(17)13(9)15-11-6-5-8(16-18)7-10(11)14/h5-7,16,18H,2-4H2,1H3. The minimum atomic E-state index is 0.0748. The van der Waals surface area contributed by atoms with E-state index in [0.717, 1.165) is 23.8 Å². The molecular formula is C14H14N2O3. The van der Waals surface area contributed by atoms with Gasteiger partial charge in [0.15, 0.2) is 5.78 Å². The van der Waals surface area contributed by atoms with E-state index in [1.165, 1.54) is 0 Å². The van der Waals surface area contributed by atoms with E-state index in [1.807, 2.05) is 0 Å².